The van der Waals surface area contributed by atoms with E-state index >= 15 is 0 Å². The molecule has 0 aliphatic carbocycles. The van der Waals surface area contributed by atoms with E-state index in [9.17, 15) is 0 Å². The van der Waals surface area contributed by atoms with E-state index in [2.05, 4.69) is 12.2 Å². The Hall–Kier alpha value is -0.280. The van der Waals surface area contributed by atoms with Crippen molar-refractivity contribution in [2.75, 3.05) is 6.54 Å². The molecular formula is C12H17Cl2NO. The lowest BCUT2D eigenvalue weighted by atomic mass is 10.1. The molecule has 1 rings (SSSR count). The normalized spacial score (nSPS) is 14.8. The molecule has 0 amide bonds. The second-order valence-corrected chi connectivity index (χ2v) is 4.80. The summed E-state index contributed by atoms with van der Waals surface area (Å²) in [7, 11) is 0. The maximum atomic E-state index is 9.14. The van der Waals surface area contributed by atoms with Gasteiger partial charge in [-0.05, 0) is 44.5 Å². The summed E-state index contributed by atoms with van der Waals surface area (Å²) >= 11 is 11.8. The lowest BCUT2D eigenvalue weighted by Gasteiger charge is -2.15. The highest BCUT2D eigenvalue weighted by Gasteiger charge is 2.07. The average Bonchev–Trinajstić information content (AvgIpc) is 2.21. The lowest BCUT2D eigenvalue weighted by molar-refractivity contribution is 0.182. The summed E-state index contributed by atoms with van der Waals surface area (Å²) in [5.41, 5.74) is 1.10. The predicted molar refractivity (Wildman–Crippen MR) is 69.2 cm³/mol. The van der Waals surface area contributed by atoms with E-state index in [1.165, 1.54) is 0 Å². The number of hydrogen-bond acceptors (Lipinski definition) is 2. The van der Waals surface area contributed by atoms with E-state index in [0.29, 0.717) is 10.0 Å². The second kappa shape index (κ2) is 6.45. The number of hydrogen-bond donors (Lipinski definition) is 2. The Morgan fingerprint density at radius 2 is 1.94 bits per heavy atom. The fourth-order valence-electron chi connectivity index (χ4n) is 1.41. The third kappa shape index (κ3) is 4.30. The number of nitrogens with one attached hydrogen (secondary N) is 1. The number of benzene rings is 1. The number of aliphatic hydroxyl groups excluding tert-OH is 1. The van der Waals surface area contributed by atoms with Gasteiger partial charge in [0.2, 0.25) is 0 Å². The van der Waals surface area contributed by atoms with Gasteiger partial charge in [-0.25, -0.2) is 0 Å². The van der Waals surface area contributed by atoms with Crippen molar-refractivity contribution in [3.63, 3.8) is 0 Å². The van der Waals surface area contributed by atoms with Gasteiger partial charge in [-0.3, -0.25) is 0 Å². The quantitative estimate of drug-likeness (QED) is 0.852. The van der Waals surface area contributed by atoms with Crippen LogP contribution in [0.4, 0.5) is 0 Å². The molecule has 1 aromatic carbocycles. The Bertz CT molecular complexity index is 342. The van der Waals surface area contributed by atoms with Crippen LogP contribution in [0.1, 0.15) is 31.9 Å². The molecule has 0 bridgehead atoms. The van der Waals surface area contributed by atoms with Gasteiger partial charge >= 0.3 is 0 Å². The van der Waals surface area contributed by atoms with Crippen LogP contribution in [-0.4, -0.2) is 17.8 Å². The van der Waals surface area contributed by atoms with Gasteiger partial charge in [-0.15, -0.1) is 0 Å². The average molecular weight is 262 g/mol. The van der Waals surface area contributed by atoms with Crippen LogP contribution in [0.25, 0.3) is 0 Å². The number of rotatable bonds is 5. The van der Waals surface area contributed by atoms with Gasteiger partial charge in [-0.1, -0.05) is 29.3 Å². The van der Waals surface area contributed by atoms with Crippen LogP contribution in [0, 0.1) is 0 Å². The molecule has 0 saturated carbocycles. The second-order valence-electron chi connectivity index (χ2n) is 3.99. The van der Waals surface area contributed by atoms with E-state index in [1.807, 2.05) is 12.1 Å². The molecule has 0 saturated heterocycles. The molecule has 90 valence electrons. The minimum Gasteiger partial charge on any atom is -0.393 e. The molecular weight excluding hydrogens is 245 g/mol. The van der Waals surface area contributed by atoms with Crippen LogP contribution >= 0.6 is 23.2 Å². The van der Waals surface area contributed by atoms with E-state index in [1.54, 1.807) is 13.0 Å². The fraction of sp³-hybridized carbons (Fsp3) is 0.500. The molecule has 2 unspecified atom stereocenters. The van der Waals surface area contributed by atoms with Gasteiger partial charge in [-0.2, -0.15) is 0 Å². The zero-order valence-electron chi connectivity index (χ0n) is 9.50. The van der Waals surface area contributed by atoms with Crippen LogP contribution in [0.3, 0.4) is 0 Å². The third-order valence-electron chi connectivity index (χ3n) is 2.46. The predicted octanol–water partition coefficient (Wildman–Crippen LogP) is 3.41. The van der Waals surface area contributed by atoms with Crippen molar-refractivity contribution in [2.24, 2.45) is 0 Å². The summed E-state index contributed by atoms with van der Waals surface area (Å²) in [4.78, 5) is 0. The number of halogens is 2. The lowest BCUT2D eigenvalue weighted by Crippen LogP contribution is -2.22. The molecule has 0 aromatic heterocycles. The Labute approximate surface area is 107 Å². The maximum absolute atomic E-state index is 9.14. The van der Waals surface area contributed by atoms with Crippen LogP contribution in [0.15, 0.2) is 18.2 Å². The monoisotopic (exact) mass is 261 g/mol. The molecule has 4 heteroatoms. The van der Waals surface area contributed by atoms with Crippen molar-refractivity contribution in [3.8, 4) is 0 Å². The molecule has 16 heavy (non-hydrogen) atoms. The minimum atomic E-state index is -0.270. The van der Waals surface area contributed by atoms with Crippen LogP contribution < -0.4 is 5.32 Å². The topological polar surface area (TPSA) is 32.3 Å². The molecule has 0 radical (unpaired) electrons. The minimum absolute atomic E-state index is 0.202. The van der Waals surface area contributed by atoms with Gasteiger partial charge in [0.1, 0.15) is 0 Å². The molecule has 0 fully saturated rings. The van der Waals surface area contributed by atoms with Crippen molar-refractivity contribution >= 4 is 23.2 Å². The first-order chi connectivity index (χ1) is 7.50. The molecule has 0 heterocycles. The maximum Gasteiger partial charge on any atom is 0.0595 e. The van der Waals surface area contributed by atoms with Crippen LogP contribution in [0.5, 0.6) is 0 Å². The van der Waals surface area contributed by atoms with Crippen molar-refractivity contribution < 1.29 is 5.11 Å². The Morgan fingerprint density at radius 1 is 1.25 bits per heavy atom. The number of aliphatic hydroxyl groups is 1. The highest BCUT2D eigenvalue weighted by atomic mass is 35.5. The smallest absolute Gasteiger partial charge is 0.0595 e. The standard InChI is InChI=1S/C12H17Cl2NO/c1-8(16)5-6-15-9(2)10-3-4-11(13)12(14)7-10/h3-4,7-9,15-16H,5-6H2,1-2H3. The van der Waals surface area contributed by atoms with E-state index < -0.39 is 0 Å². The summed E-state index contributed by atoms with van der Waals surface area (Å²) in [6, 6.07) is 5.82. The van der Waals surface area contributed by atoms with Crippen molar-refractivity contribution in [1.29, 1.82) is 0 Å². The largest absolute Gasteiger partial charge is 0.393 e. The van der Waals surface area contributed by atoms with E-state index in [4.69, 9.17) is 28.3 Å². The molecule has 1 aromatic rings. The zero-order valence-corrected chi connectivity index (χ0v) is 11.0. The van der Waals surface area contributed by atoms with Gasteiger partial charge in [0.25, 0.3) is 0 Å². The zero-order chi connectivity index (χ0) is 12.1. The third-order valence-corrected chi connectivity index (χ3v) is 3.20. The Morgan fingerprint density at radius 3 is 2.50 bits per heavy atom. The molecule has 0 aliphatic heterocycles. The van der Waals surface area contributed by atoms with Crippen molar-refractivity contribution in [3.05, 3.63) is 33.8 Å². The first kappa shape index (κ1) is 13.8. The summed E-state index contributed by atoms with van der Waals surface area (Å²) < 4.78 is 0. The first-order valence-electron chi connectivity index (χ1n) is 5.37. The molecule has 0 spiro atoms. The summed E-state index contributed by atoms with van der Waals surface area (Å²) in [5.74, 6) is 0. The Balaban J connectivity index is 2.52. The summed E-state index contributed by atoms with van der Waals surface area (Å²) in [6.45, 7) is 4.62. The van der Waals surface area contributed by atoms with Crippen LogP contribution in [-0.2, 0) is 0 Å². The Kier molecular flexibility index (Phi) is 5.56. The summed E-state index contributed by atoms with van der Waals surface area (Å²) in [5, 5.41) is 13.6. The highest BCUT2D eigenvalue weighted by molar-refractivity contribution is 6.42. The molecule has 2 atom stereocenters. The van der Waals surface area contributed by atoms with E-state index in [-0.39, 0.29) is 12.1 Å². The fourth-order valence-corrected chi connectivity index (χ4v) is 1.71. The first-order valence-corrected chi connectivity index (χ1v) is 6.12. The van der Waals surface area contributed by atoms with Gasteiger partial charge in [0, 0.05) is 6.04 Å². The molecule has 0 aliphatic rings. The highest BCUT2D eigenvalue weighted by Crippen LogP contribution is 2.25. The van der Waals surface area contributed by atoms with Gasteiger partial charge < -0.3 is 10.4 Å². The van der Waals surface area contributed by atoms with Gasteiger partial charge in [0.15, 0.2) is 0 Å². The van der Waals surface area contributed by atoms with Crippen LogP contribution in [0.2, 0.25) is 10.0 Å². The van der Waals surface area contributed by atoms with Gasteiger partial charge in [0.05, 0.1) is 16.1 Å². The SMILES string of the molecule is CC(O)CCNC(C)c1ccc(Cl)c(Cl)c1. The molecule has 2 N–H and O–H groups in total. The molecule has 2 nitrogen and oxygen atoms in total. The van der Waals surface area contributed by atoms with E-state index in [0.717, 1.165) is 18.5 Å². The van der Waals surface area contributed by atoms with Crippen molar-refractivity contribution in [2.45, 2.75) is 32.4 Å². The van der Waals surface area contributed by atoms with Crippen molar-refractivity contribution in [1.82, 2.24) is 5.32 Å². The summed E-state index contributed by atoms with van der Waals surface area (Å²) in [6.07, 6.45) is 0.472.